The molecule has 0 heterocycles. The Morgan fingerprint density at radius 2 is 1.83 bits per heavy atom. The first-order valence-electron chi connectivity index (χ1n) is 7.56. The summed E-state index contributed by atoms with van der Waals surface area (Å²) in [6, 6.07) is 9.21. The smallest absolute Gasteiger partial charge is 0.336 e. The van der Waals surface area contributed by atoms with E-state index in [1.54, 1.807) is 18.2 Å². The summed E-state index contributed by atoms with van der Waals surface area (Å²) in [5, 5.41) is 9.34. The molecule has 0 aliphatic heterocycles. The van der Waals surface area contributed by atoms with Crippen LogP contribution in [0.1, 0.15) is 48.5 Å². The van der Waals surface area contributed by atoms with Crippen LogP contribution in [0.2, 0.25) is 0 Å². The van der Waals surface area contributed by atoms with Crippen LogP contribution in [0.25, 0.3) is 6.08 Å². The summed E-state index contributed by atoms with van der Waals surface area (Å²) >= 11 is 0. The molecular weight excluding hydrogens is 288 g/mol. The topological polar surface area (TPSA) is 54.4 Å². The third kappa shape index (κ3) is 2.70. The third-order valence-corrected chi connectivity index (χ3v) is 4.23. The molecule has 3 nitrogen and oxygen atoms in total. The average molecular weight is 306 g/mol. The quantitative estimate of drug-likeness (QED) is 0.849. The van der Waals surface area contributed by atoms with E-state index in [9.17, 15) is 14.7 Å². The molecule has 23 heavy (non-hydrogen) atoms. The maximum Gasteiger partial charge on any atom is 0.336 e. The second-order valence-corrected chi connectivity index (χ2v) is 6.19. The van der Waals surface area contributed by atoms with E-state index >= 15 is 0 Å². The molecule has 0 amide bonds. The number of carboxylic acid groups (broad SMARTS) is 1. The van der Waals surface area contributed by atoms with E-state index in [1.165, 1.54) is 0 Å². The third-order valence-electron chi connectivity index (χ3n) is 4.23. The molecule has 3 heteroatoms. The molecule has 2 aromatic carbocycles. The molecule has 3 rings (SSSR count). The molecule has 0 atom stereocenters. The summed E-state index contributed by atoms with van der Waals surface area (Å²) < 4.78 is 0. The van der Waals surface area contributed by atoms with Gasteiger partial charge in [-0.1, -0.05) is 35.4 Å². The lowest BCUT2D eigenvalue weighted by molar-refractivity contribution is 0.0696. The van der Waals surface area contributed by atoms with Crippen LogP contribution in [0.5, 0.6) is 0 Å². The number of fused-ring (bicyclic) bond motifs is 1. The van der Waals surface area contributed by atoms with Gasteiger partial charge in [-0.3, -0.25) is 4.79 Å². The van der Waals surface area contributed by atoms with Gasteiger partial charge in [0.15, 0.2) is 5.78 Å². The highest BCUT2D eigenvalue weighted by atomic mass is 16.4. The van der Waals surface area contributed by atoms with Crippen molar-refractivity contribution < 1.29 is 14.7 Å². The Morgan fingerprint density at radius 3 is 2.52 bits per heavy atom. The predicted molar refractivity (Wildman–Crippen MR) is 90.1 cm³/mol. The van der Waals surface area contributed by atoms with Crippen molar-refractivity contribution in [1.29, 1.82) is 0 Å². The Bertz CT molecular complexity index is 873. The van der Waals surface area contributed by atoms with E-state index in [0.717, 1.165) is 27.8 Å². The minimum Gasteiger partial charge on any atom is -0.478 e. The number of benzene rings is 2. The molecule has 1 aliphatic rings. The maximum atomic E-state index is 12.7. The molecule has 1 N–H and O–H groups in total. The van der Waals surface area contributed by atoms with Crippen LogP contribution in [-0.4, -0.2) is 16.9 Å². The lowest BCUT2D eigenvalue weighted by Gasteiger charge is -2.04. The summed E-state index contributed by atoms with van der Waals surface area (Å²) in [7, 11) is 0. The van der Waals surface area contributed by atoms with Crippen LogP contribution in [-0.2, 0) is 6.42 Å². The number of hydrogen-bond acceptors (Lipinski definition) is 2. The molecule has 0 spiro atoms. The van der Waals surface area contributed by atoms with Gasteiger partial charge in [0.1, 0.15) is 0 Å². The van der Waals surface area contributed by atoms with Crippen LogP contribution in [0.3, 0.4) is 0 Å². The van der Waals surface area contributed by atoms with Crippen molar-refractivity contribution in [3.05, 3.63) is 74.8 Å². The second kappa shape index (κ2) is 5.51. The number of Topliss-reactive ketones (excluding diaryl/α,β-unsaturated/α-hetero) is 1. The lowest BCUT2D eigenvalue weighted by Crippen LogP contribution is -2.02. The first-order chi connectivity index (χ1) is 10.9. The van der Waals surface area contributed by atoms with Gasteiger partial charge in [-0.05, 0) is 49.6 Å². The molecule has 0 saturated heterocycles. The normalized spacial score (nSPS) is 15.1. The molecule has 0 aromatic heterocycles. The Hall–Kier alpha value is -2.68. The zero-order valence-corrected chi connectivity index (χ0v) is 13.4. The predicted octanol–water partition coefficient (Wildman–Crippen LogP) is 4.13. The molecule has 0 bridgehead atoms. The highest BCUT2D eigenvalue weighted by molar-refractivity contribution is 6.16. The van der Waals surface area contributed by atoms with Crippen molar-refractivity contribution >= 4 is 17.8 Å². The lowest BCUT2D eigenvalue weighted by atomic mass is 10.00. The van der Waals surface area contributed by atoms with Gasteiger partial charge in [0.25, 0.3) is 0 Å². The van der Waals surface area contributed by atoms with Crippen molar-refractivity contribution in [2.45, 2.75) is 27.2 Å². The molecule has 0 fully saturated rings. The van der Waals surface area contributed by atoms with E-state index < -0.39 is 5.97 Å². The number of hydrogen-bond donors (Lipinski definition) is 1. The van der Waals surface area contributed by atoms with Gasteiger partial charge in [-0.2, -0.15) is 0 Å². The SMILES string of the molecule is Cc1ccc(C(=O)O)c(/C=C2/Cc3cc(C)cc(C)c3C2=O)c1. The summed E-state index contributed by atoms with van der Waals surface area (Å²) in [6.07, 6.45) is 2.29. The molecule has 0 radical (unpaired) electrons. The maximum absolute atomic E-state index is 12.7. The number of ketones is 1. The Morgan fingerprint density at radius 1 is 1.09 bits per heavy atom. The molecule has 1 aliphatic carbocycles. The monoisotopic (exact) mass is 306 g/mol. The summed E-state index contributed by atoms with van der Waals surface area (Å²) in [4.78, 5) is 24.1. The number of carboxylic acids is 1. The van der Waals surface area contributed by atoms with Crippen LogP contribution in [0, 0.1) is 20.8 Å². The zero-order chi connectivity index (χ0) is 16.7. The van der Waals surface area contributed by atoms with Crippen LogP contribution >= 0.6 is 0 Å². The van der Waals surface area contributed by atoms with Gasteiger partial charge < -0.3 is 5.11 Å². The highest BCUT2D eigenvalue weighted by Crippen LogP contribution is 2.31. The number of allylic oxidation sites excluding steroid dienone is 1. The summed E-state index contributed by atoms with van der Waals surface area (Å²) in [5.74, 6) is -0.970. The van der Waals surface area contributed by atoms with Gasteiger partial charge >= 0.3 is 5.97 Å². The first-order valence-corrected chi connectivity index (χ1v) is 7.56. The molecular formula is C20H18O3. The number of aromatic carboxylic acids is 1. The van der Waals surface area contributed by atoms with Crippen molar-refractivity contribution in [2.75, 3.05) is 0 Å². The standard InChI is InChI=1S/C20H18O3/c1-11-4-5-17(20(22)23)14(7-11)9-16-10-15-8-12(2)6-13(3)18(15)19(16)21/h4-9H,10H2,1-3H3,(H,22,23)/b16-9-. The van der Waals surface area contributed by atoms with Crippen LogP contribution in [0.15, 0.2) is 35.9 Å². The van der Waals surface area contributed by atoms with Gasteiger partial charge in [0.05, 0.1) is 5.56 Å². The molecule has 2 aromatic rings. The van der Waals surface area contributed by atoms with Crippen LogP contribution < -0.4 is 0 Å². The molecule has 116 valence electrons. The van der Waals surface area contributed by atoms with Gasteiger partial charge in [0, 0.05) is 17.6 Å². The largest absolute Gasteiger partial charge is 0.478 e. The zero-order valence-electron chi connectivity index (χ0n) is 13.4. The highest BCUT2D eigenvalue weighted by Gasteiger charge is 2.27. The van der Waals surface area contributed by atoms with Gasteiger partial charge in [0.2, 0.25) is 0 Å². The number of carbonyl (C=O) groups is 2. The van der Waals surface area contributed by atoms with Crippen LogP contribution in [0.4, 0.5) is 0 Å². The van der Waals surface area contributed by atoms with Gasteiger partial charge in [-0.15, -0.1) is 0 Å². The molecule has 0 unspecified atom stereocenters. The second-order valence-electron chi connectivity index (χ2n) is 6.19. The minimum absolute atomic E-state index is 0.00958. The number of rotatable bonds is 2. The molecule has 0 saturated carbocycles. The van der Waals surface area contributed by atoms with E-state index in [1.807, 2.05) is 39.0 Å². The fraction of sp³-hybridized carbons (Fsp3) is 0.200. The minimum atomic E-state index is -0.980. The fourth-order valence-electron chi connectivity index (χ4n) is 3.27. The van der Waals surface area contributed by atoms with E-state index in [0.29, 0.717) is 17.6 Å². The average Bonchev–Trinajstić information content (AvgIpc) is 2.74. The van der Waals surface area contributed by atoms with Crippen molar-refractivity contribution in [1.82, 2.24) is 0 Å². The van der Waals surface area contributed by atoms with Gasteiger partial charge in [-0.25, -0.2) is 4.79 Å². The Kier molecular flexibility index (Phi) is 3.64. The fourth-order valence-corrected chi connectivity index (χ4v) is 3.27. The van der Waals surface area contributed by atoms with E-state index in [4.69, 9.17) is 0 Å². The Labute approximate surface area is 135 Å². The number of carbonyl (C=O) groups excluding carboxylic acids is 1. The number of aryl methyl sites for hydroxylation is 3. The van der Waals surface area contributed by atoms with E-state index in [-0.39, 0.29) is 11.3 Å². The van der Waals surface area contributed by atoms with E-state index in [2.05, 4.69) is 0 Å². The van der Waals surface area contributed by atoms with Crippen molar-refractivity contribution in [3.63, 3.8) is 0 Å². The summed E-state index contributed by atoms with van der Waals surface area (Å²) in [6.45, 7) is 5.87. The summed E-state index contributed by atoms with van der Waals surface area (Å²) in [5.41, 5.74) is 6.35. The Balaban J connectivity index is 2.10. The van der Waals surface area contributed by atoms with Crippen molar-refractivity contribution in [2.24, 2.45) is 0 Å². The van der Waals surface area contributed by atoms with Crippen molar-refractivity contribution in [3.8, 4) is 0 Å². The first kappa shape index (κ1) is 15.2.